The summed E-state index contributed by atoms with van der Waals surface area (Å²) in [6.07, 6.45) is 3.10. The van der Waals surface area contributed by atoms with Gasteiger partial charge in [-0.1, -0.05) is 6.92 Å². The molecule has 0 aliphatic heterocycles. The summed E-state index contributed by atoms with van der Waals surface area (Å²) in [5, 5.41) is 8.36. The van der Waals surface area contributed by atoms with Crippen molar-refractivity contribution in [3.63, 3.8) is 0 Å². The van der Waals surface area contributed by atoms with Crippen molar-refractivity contribution in [3.8, 4) is 0 Å². The number of carboxylic acid groups (broad SMARTS) is 1. The normalized spacial score (nSPS) is 12.9. The lowest BCUT2D eigenvalue weighted by Crippen LogP contribution is -2.04. The maximum atomic E-state index is 10.2. The summed E-state index contributed by atoms with van der Waals surface area (Å²) in [5.41, 5.74) is 5.32. The second-order valence-corrected chi connectivity index (χ2v) is 2.97. The van der Waals surface area contributed by atoms with Gasteiger partial charge in [0, 0.05) is 6.42 Å². The van der Waals surface area contributed by atoms with Crippen molar-refractivity contribution in [2.45, 2.75) is 32.6 Å². The van der Waals surface area contributed by atoms with Crippen molar-refractivity contribution in [3.05, 3.63) is 0 Å². The lowest BCUT2D eigenvalue weighted by Gasteiger charge is -2.07. The van der Waals surface area contributed by atoms with Crippen LogP contribution in [0.4, 0.5) is 0 Å². The van der Waals surface area contributed by atoms with E-state index in [1.807, 2.05) is 0 Å². The fourth-order valence-corrected chi connectivity index (χ4v) is 0.981. The first-order chi connectivity index (χ1) is 5.16. The van der Waals surface area contributed by atoms with E-state index in [1.54, 1.807) is 0 Å². The predicted octanol–water partition coefficient (Wildman–Crippen LogP) is 1.23. The molecule has 0 heterocycles. The van der Waals surface area contributed by atoms with Crippen molar-refractivity contribution >= 4 is 5.97 Å². The van der Waals surface area contributed by atoms with Gasteiger partial charge in [0.15, 0.2) is 0 Å². The Bertz CT molecular complexity index is 115. The molecule has 0 aliphatic rings. The maximum Gasteiger partial charge on any atom is 0.303 e. The smallest absolute Gasteiger partial charge is 0.303 e. The van der Waals surface area contributed by atoms with Crippen molar-refractivity contribution in [2.75, 3.05) is 6.54 Å². The second-order valence-electron chi connectivity index (χ2n) is 2.97. The van der Waals surface area contributed by atoms with Crippen molar-refractivity contribution in [2.24, 2.45) is 11.7 Å². The molecule has 3 nitrogen and oxygen atoms in total. The Balaban J connectivity index is 3.22. The van der Waals surface area contributed by atoms with E-state index >= 15 is 0 Å². The van der Waals surface area contributed by atoms with E-state index in [-0.39, 0.29) is 6.42 Å². The molecular weight excluding hydrogens is 142 g/mol. The fourth-order valence-electron chi connectivity index (χ4n) is 0.981. The quantitative estimate of drug-likeness (QED) is 0.612. The average molecular weight is 159 g/mol. The Morgan fingerprint density at radius 2 is 2.18 bits per heavy atom. The van der Waals surface area contributed by atoms with E-state index in [2.05, 4.69) is 6.92 Å². The molecule has 0 aromatic heterocycles. The van der Waals surface area contributed by atoms with Crippen LogP contribution in [0.1, 0.15) is 32.6 Å². The van der Waals surface area contributed by atoms with E-state index in [0.29, 0.717) is 12.5 Å². The number of hydrogen-bond donors (Lipinski definition) is 2. The van der Waals surface area contributed by atoms with Crippen LogP contribution in [0.3, 0.4) is 0 Å². The second kappa shape index (κ2) is 6.16. The summed E-state index contributed by atoms with van der Waals surface area (Å²) in [4.78, 5) is 10.2. The maximum absolute atomic E-state index is 10.2. The Hall–Kier alpha value is -0.570. The lowest BCUT2D eigenvalue weighted by molar-refractivity contribution is -0.137. The zero-order valence-electron chi connectivity index (χ0n) is 7.05. The lowest BCUT2D eigenvalue weighted by atomic mass is 10.00. The molecule has 0 saturated heterocycles. The number of aliphatic carboxylic acids is 1. The molecule has 0 bridgehead atoms. The number of nitrogens with two attached hydrogens (primary N) is 1. The third kappa shape index (κ3) is 7.33. The van der Waals surface area contributed by atoms with Crippen LogP contribution < -0.4 is 5.73 Å². The minimum atomic E-state index is -0.704. The standard InChI is InChI=1S/C8H17NO2/c1-7(3-2-6-9)4-5-8(10)11/h7H,2-6,9H2,1H3,(H,10,11)/t7-/m1/s1. The van der Waals surface area contributed by atoms with Gasteiger partial charge in [0.2, 0.25) is 0 Å². The molecule has 0 rings (SSSR count). The Morgan fingerprint density at radius 3 is 2.64 bits per heavy atom. The van der Waals surface area contributed by atoms with Gasteiger partial charge in [-0.25, -0.2) is 0 Å². The monoisotopic (exact) mass is 159 g/mol. The topological polar surface area (TPSA) is 63.3 Å². The number of carboxylic acids is 1. The Labute approximate surface area is 67.6 Å². The van der Waals surface area contributed by atoms with E-state index in [0.717, 1.165) is 19.3 Å². The van der Waals surface area contributed by atoms with Gasteiger partial charge in [-0.3, -0.25) is 4.79 Å². The van der Waals surface area contributed by atoms with Gasteiger partial charge in [-0.2, -0.15) is 0 Å². The van der Waals surface area contributed by atoms with Gasteiger partial charge >= 0.3 is 5.97 Å². The van der Waals surface area contributed by atoms with Crippen molar-refractivity contribution in [1.29, 1.82) is 0 Å². The van der Waals surface area contributed by atoms with Gasteiger partial charge in [0.25, 0.3) is 0 Å². The number of rotatable bonds is 6. The van der Waals surface area contributed by atoms with Crippen LogP contribution in [0.15, 0.2) is 0 Å². The summed E-state index contributed by atoms with van der Waals surface area (Å²) < 4.78 is 0. The first kappa shape index (κ1) is 10.4. The molecule has 0 spiro atoms. The van der Waals surface area contributed by atoms with E-state index in [4.69, 9.17) is 10.8 Å². The molecule has 66 valence electrons. The van der Waals surface area contributed by atoms with Crippen LogP contribution >= 0.6 is 0 Å². The number of hydrogen-bond acceptors (Lipinski definition) is 2. The highest BCUT2D eigenvalue weighted by molar-refractivity contribution is 5.66. The van der Waals surface area contributed by atoms with E-state index < -0.39 is 5.97 Å². The Kier molecular flexibility index (Phi) is 5.84. The van der Waals surface area contributed by atoms with Crippen LogP contribution in [-0.2, 0) is 4.79 Å². The molecule has 0 aromatic carbocycles. The summed E-state index contributed by atoms with van der Waals surface area (Å²) >= 11 is 0. The summed E-state index contributed by atoms with van der Waals surface area (Å²) in [5.74, 6) is -0.209. The summed E-state index contributed by atoms with van der Waals surface area (Å²) in [6.45, 7) is 2.77. The molecule has 0 unspecified atom stereocenters. The highest BCUT2D eigenvalue weighted by atomic mass is 16.4. The molecule has 0 amide bonds. The van der Waals surface area contributed by atoms with Gasteiger partial charge in [0.05, 0.1) is 0 Å². The van der Waals surface area contributed by atoms with E-state index in [9.17, 15) is 4.79 Å². The number of carbonyl (C=O) groups is 1. The summed E-state index contributed by atoms with van der Waals surface area (Å²) in [7, 11) is 0. The average Bonchev–Trinajstić information content (AvgIpc) is 1.97. The minimum Gasteiger partial charge on any atom is -0.481 e. The highest BCUT2D eigenvalue weighted by Gasteiger charge is 2.03. The molecule has 1 atom stereocenters. The molecule has 0 saturated carbocycles. The van der Waals surface area contributed by atoms with Crippen molar-refractivity contribution < 1.29 is 9.90 Å². The first-order valence-electron chi connectivity index (χ1n) is 4.08. The third-order valence-corrected chi connectivity index (χ3v) is 1.75. The fraction of sp³-hybridized carbons (Fsp3) is 0.875. The van der Waals surface area contributed by atoms with Crippen LogP contribution in [0, 0.1) is 5.92 Å². The SMILES string of the molecule is C[C@H](CCCN)CCC(=O)O. The minimum absolute atomic E-state index is 0.283. The van der Waals surface area contributed by atoms with Crippen LogP contribution in [0.2, 0.25) is 0 Å². The molecular formula is C8H17NO2. The van der Waals surface area contributed by atoms with Crippen LogP contribution in [0.5, 0.6) is 0 Å². The molecule has 3 heteroatoms. The third-order valence-electron chi connectivity index (χ3n) is 1.75. The molecule has 0 aliphatic carbocycles. The largest absolute Gasteiger partial charge is 0.481 e. The zero-order chi connectivity index (χ0) is 8.69. The van der Waals surface area contributed by atoms with Gasteiger partial charge in [0.1, 0.15) is 0 Å². The van der Waals surface area contributed by atoms with Gasteiger partial charge < -0.3 is 10.8 Å². The Morgan fingerprint density at radius 1 is 1.55 bits per heavy atom. The van der Waals surface area contributed by atoms with Crippen LogP contribution in [-0.4, -0.2) is 17.6 Å². The molecule has 11 heavy (non-hydrogen) atoms. The van der Waals surface area contributed by atoms with Crippen molar-refractivity contribution in [1.82, 2.24) is 0 Å². The molecule has 3 N–H and O–H groups in total. The predicted molar refractivity (Wildman–Crippen MR) is 44.3 cm³/mol. The molecule has 0 fully saturated rings. The summed E-state index contributed by atoms with van der Waals surface area (Å²) in [6, 6.07) is 0. The first-order valence-corrected chi connectivity index (χ1v) is 4.08. The van der Waals surface area contributed by atoms with E-state index in [1.165, 1.54) is 0 Å². The van der Waals surface area contributed by atoms with Gasteiger partial charge in [-0.05, 0) is 31.7 Å². The molecule has 0 radical (unpaired) electrons. The zero-order valence-corrected chi connectivity index (χ0v) is 7.05. The van der Waals surface area contributed by atoms with Crippen LogP contribution in [0.25, 0.3) is 0 Å². The molecule has 0 aromatic rings. The highest BCUT2D eigenvalue weighted by Crippen LogP contribution is 2.11. The van der Waals surface area contributed by atoms with Gasteiger partial charge in [-0.15, -0.1) is 0 Å².